The van der Waals surface area contributed by atoms with Crippen molar-refractivity contribution in [2.24, 2.45) is 5.73 Å². The fraction of sp³-hybridized carbons (Fsp3) is 0.231. The van der Waals surface area contributed by atoms with Crippen molar-refractivity contribution in [3.63, 3.8) is 0 Å². The second kappa shape index (κ2) is 3.99. The predicted molar refractivity (Wildman–Crippen MR) is 71.8 cm³/mol. The third-order valence-corrected chi connectivity index (χ3v) is 5.08. The maximum absolute atomic E-state index is 6.34. The lowest BCUT2D eigenvalue weighted by atomic mass is 9.72. The zero-order valence-electron chi connectivity index (χ0n) is 8.69. The van der Waals surface area contributed by atoms with Gasteiger partial charge in [-0.05, 0) is 44.4 Å². The Balaban J connectivity index is 1.90. The highest BCUT2D eigenvalue weighted by Crippen LogP contribution is 2.44. The van der Waals surface area contributed by atoms with Gasteiger partial charge in [-0.15, -0.1) is 0 Å². The summed E-state index contributed by atoms with van der Waals surface area (Å²) in [4.78, 5) is 0. The van der Waals surface area contributed by atoms with Gasteiger partial charge in [0.25, 0.3) is 0 Å². The van der Waals surface area contributed by atoms with Gasteiger partial charge in [-0.3, -0.25) is 0 Å². The quantitative estimate of drug-likeness (QED) is 0.894. The van der Waals surface area contributed by atoms with Gasteiger partial charge >= 0.3 is 0 Å². The maximum Gasteiger partial charge on any atom is 0.0387 e. The van der Waals surface area contributed by atoms with Gasteiger partial charge in [0, 0.05) is 21.8 Å². The molecule has 1 heterocycles. The summed E-state index contributed by atoms with van der Waals surface area (Å²) in [5.41, 5.74) is 10.5. The molecule has 2 atom stereocenters. The molecule has 2 unspecified atom stereocenters. The summed E-state index contributed by atoms with van der Waals surface area (Å²) in [6.45, 7) is 0. The van der Waals surface area contributed by atoms with Crippen molar-refractivity contribution in [1.29, 1.82) is 0 Å². The molecular weight excluding hydrogens is 282 g/mol. The van der Waals surface area contributed by atoms with Crippen LogP contribution in [0.3, 0.4) is 0 Å². The molecule has 0 saturated heterocycles. The first-order valence-electron chi connectivity index (χ1n) is 5.32. The first kappa shape index (κ1) is 10.5. The predicted octanol–water partition coefficient (Wildman–Crippen LogP) is 3.85. The van der Waals surface area contributed by atoms with Gasteiger partial charge in [0.05, 0.1) is 0 Å². The Bertz CT molecular complexity index is 520. The van der Waals surface area contributed by atoms with Crippen molar-refractivity contribution in [2.75, 3.05) is 0 Å². The molecule has 3 heteroatoms. The molecule has 3 rings (SSSR count). The molecule has 82 valence electrons. The Morgan fingerprint density at radius 2 is 2.12 bits per heavy atom. The van der Waals surface area contributed by atoms with Crippen molar-refractivity contribution in [3.05, 3.63) is 56.2 Å². The molecule has 1 aliphatic rings. The first-order valence-corrected chi connectivity index (χ1v) is 7.06. The van der Waals surface area contributed by atoms with Gasteiger partial charge in [0.15, 0.2) is 0 Å². The van der Waals surface area contributed by atoms with Crippen LogP contribution < -0.4 is 5.73 Å². The molecule has 0 bridgehead atoms. The highest BCUT2D eigenvalue weighted by molar-refractivity contribution is 9.10. The third kappa shape index (κ3) is 1.54. The van der Waals surface area contributed by atoms with E-state index in [1.54, 1.807) is 11.3 Å². The van der Waals surface area contributed by atoms with E-state index in [0.29, 0.717) is 5.92 Å². The van der Waals surface area contributed by atoms with E-state index in [2.05, 4.69) is 51.0 Å². The lowest BCUT2D eigenvalue weighted by molar-refractivity contribution is 0.500. The standard InChI is InChI=1S/C13H12BrNS/c14-12-7-16-6-11(12)13(15)10-5-8-3-1-2-4-9(8)10/h1-4,6-7,10,13H,5,15H2. The summed E-state index contributed by atoms with van der Waals surface area (Å²) in [6.07, 6.45) is 1.11. The van der Waals surface area contributed by atoms with Crippen LogP contribution in [0, 0.1) is 0 Å². The number of nitrogens with two attached hydrogens (primary N) is 1. The number of benzene rings is 1. The molecule has 1 aromatic heterocycles. The van der Waals surface area contributed by atoms with Crippen LogP contribution >= 0.6 is 27.3 Å². The highest BCUT2D eigenvalue weighted by Gasteiger charge is 2.32. The minimum absolute atomic E-state index is 0.121. The molecule has 1 aliphatic carbocycles. The monoisotopic (exact) mass is 293 g/mol. The molecule has 0 fully saturated rings. The summed E-state index contributed by atoms with van der Waals surface area (Å²) in [5.74, 6) is 0.488. The van der Waals surface area contributed by atoms with Gasteiger partial charge in [-0.25, -0.2) is 0 Å². The summed E-state index contributed by atoms with van der Waals surface area (Å²) in [6, 6.07) is 8.71. The van der Waals surface area contributed by atoms with Crippen LogP contribution in [0.15, 0.2) is 39.5 Å². The van der Waals surface area contributed by atoms with Crippen molar-refractivity contribution in [3.8, 4) is 0 Å². The van der Waals surface area contributed by atoms with Crippen LogP contribution in [0.5, 0.6) is 0 Å². The number of halogens is 1. The summed E-state index contributed by atoms with van der Waals surface area (Å²) < 4.78 is 1.15. The second-order valence-electron chi connectivity index (χ2n) is 4.21. The lowest BCUT2D eigenvalue weighted by Gasteiger charge is -2.34. The zero-order chi connectivity index (χ0) is 11.1. The van der Waals surface area contributed by atoms with Crippen LogP contribution in [-0.2, 0) is 6.42 Å². The number of rotatable bonds is 2. The van der Waals surface area contributed by atoms with Crippen LogP contribution in [0.25, 0.3) is 0 Å². The highest BCUT2D eigenvalue weighted by atomic mass is 79.9. The lowest BCUT2D eigenvalue weighted by Crippen LogP contribution is -2.28. The maximum atomic E-state index is 6.34. The molecule has 0 saturated carbocycles. The minimum Gasteiger partial charge on any atom is -0.323 e. The van der Waals surface area contributed by atoms with Crippen LogP contribution in [0.2, 0.25) is 0 Å². The van der Waals surface area contributed by atoms with Gasteiger partial charge in [0.2, 0.25) is 0 Å². The minimum atomic E-state index is 0.121. The van der Waals surface area contributed by atoms with Gasteiger partial charge in [-0.2, -0.15) is 11.3 Å². The van der Waals surface area contributed by atoms with Crippen LogP contribution in [0.4, 0.5) is 0 Å². The average Bonchev–Trinajstić information content (AvgIpc) is 2.66. The van der Waals surface area contributed by atoms with E-state index in [9.17, 15) is 0 Å². The smallest absolute Gasteiger partial charge is 0.0387 e. The van der Waals surface area contributed by atoms with Gasteiger partial charge in [-0.1, -0.05) is 24.3 Å². The molecule has 0 aliphatic heterocycles. The number of hydrogen-bond donors (Lipinski definition) is 1. The third-order valence-electron chi connectivity index (χ3n) is 3.33. The fourth-order valence-corrected chi connectivity index (χ4v) is 3.97. The molecule has 0 spiro atoms. The van der Waals surface area contributed by atoms with E-state index in [0.717, 1.165) is 10.9 Å². The summed E-state index contributed by atoms with van der Waals surface area (Å²) in [5, 5.41) is 4.25. The van der Waals surface area contributed by atoms with E-state index in [-0.39, 0.29) is 6.04 Å². The SMILES string of the molecule is NC(c1cscc1Br)C1Cc2ccccc21. The normalized spacial score (nSPS) is 20.0. The molecule has 0 radical (unpaired) electrons. The van der Waals surface area contributed by atoms with E-state index >= 15 is 0 Å². The van der Waals surface area contributed by atoms with Crippen molar-refractivity contribution >= 4 is 27.3 Å². The molecule has 1 aromatic carbocycles. The molecular formula is C13H12BrNS. The molecule has 0 amide bonds. The van der Waals surface area contributed by atoms with E-state index < -0.39 is 0 Å². The largest absolute Gasteiger partial charge is 0.323 e. The van der Waals surface area contributed by atoms with Crippen molar-refractivity contribution in [2.45, 2.75) is 18.4 Å². The Morgan fingerprint density at radius 1 is 1.31 bits per heavy atom. The molecule has 16 heavy (non-hydrogen) atoms. The van der Waals surface area contributed by atoms with E-state index in [1.807, 2.05) is 0 Å². The second-order valence-corrected chi connectivity index (χ2v) is 5.81. The Morgan fingerprint density at radius 3 is 2.81 bits per heavy atom. The number of thiophene rings is 1. The van der Waals surface area contributed by atoms with E-state index in [1.165, 1.54) is 16.7 Å². The molecule has 2 N–H and O–H groups in total. The summed E-state index contributed by atoms with van der Waals surface area (Å²) >= 11 is 5.26. The van der Waals surface area contributed by atoms with Gasteiger partial charge < -0.3 is 5.73 Å². The van der Waals surface area contributed by atoms with Crippen LogP contribution in [0.1, 0.15) is 28.7 Å². The Labute approximate surface area is 107 Å². The average molecular weight is 294 g/mol. The Kier molecular flexibility index (Phi) is 2.62. The van der Waals surface area contributed by atoms with Crippen LogP contribution in [-0.4, -0.2) is 0 Å². The summed E-state index contributed by atoms with van der Waals surface area (Å²) in [7, 11) is 0. The van der Waals surface area contributed by atoms with E-state index in [4.69, 9.17) is 5.73 Å². The topological polar surface area (TPSA) is 26.0 Å². The van der Waals surface area contributed by atoms with Gasteiger partial charge in [0.1, 0.15) is 0 Å². The fourth-order valence-electron chi connectivity index (χ4n) is 2.36. The van der Waals surface area contributed by atoms with Crippen molar-refractivity contribution in [1.82, 2.24) is 0 Å². The number of hydrogen-bond acceptors (Lipinski definition) is 2. The first-order chi connectivity index (χ1) is 7.77. The number of fused-ring (bicyclic) bond motifs is 1. The van der Waals surface area contributed by atoms with Crippen molar-refractivity contribution < 1.29 is 0 Å². The molecule has 2 aromatic rings. The zero-order valence-corrected chi connectivity index (χ0v) is 11.1. The molecule has 1 nitrogen and oxygen atoms in total. The Hall–Kier alpha value is -0.640.